The maximum Gasteiger partial charge on any atom is 0.254 e. The van der Waals surface area contributed by atoms with Gasteiger partial charge in [-0.25, -0.2) is 0 Å². The van der Waals surface area contributed by atoms with Crippen LogP contribution in [0.25, 0.3) is 0 Å². The molecular weight excluding hydrogens is 278 g/mol. The molecule has 1 aromatic heterocycles. The third-order valence-corrected chi connectivity index (χ3v) is 4.73. The van der Waals surface area contributed by atoms with E-state index in [4.69, 9.17) is 0 Å². The lowest BCUT2D eigenvalue weighted by Crippen LogP contribution is -2.43. The van der Waals surface area contributed by atoms with Crippen LogP contribution in [0.1, 0.15) is 62.0 Å². The normalized spacial score (nSPS) is 22.0. The van der Waals surface area contributed by atoms with Gasteiger partial charge in [-0.3, -0.25) is 9.48 Å². The Bertz CT molecular complexity index is 496. The first-order chi connectivity index (χ1) is 10.5. The summed E-state index contributed by atoms with van der Waals surface area (Å²) in [5.41, 5.74) is 1.58. The topological polar surface area (TPSA) is 67.2 Å². The van der Waals surface area contributed by atoms with Crippen LogP contribution >= 0.6 is 0 Å². The van der Waals surface area contributed by atoms with Crippen LogP contribution in [0.2, 0.25) is 0 Å². The Morgan fingerprint density at radius 2 is 2.18 bits per heavy atom. The van der Waals surface area contributed by atoms with Gasteiger partial charge in [0.05, 0.1) is 11.8 Å². The van der Waals surface area contributed by atoms with Crippen LogP contribution in [0.5, 0.6) is 0 Å². The number of amides is 1. The summed E-state index contributed by atoms with van der Waals surface area (Å²) in [6.07, 6.45) is 6.93. The number of hydrogen-bond acceptors (Lipinski definition) is 3. The molecule has 1 fully saturated rings. The van der Waals surface area contributed by atoms with Crippen LogP contribution in [0, 0.1) is 18.8 Å². The summed E-state index contributed by atoms with van der Waals surface area (Å²) in [5.74, 6) is 0.751. The van der Waals surface area contributed by atoms with Gasteiger partial charge in [0, 0.05) is 30.8 Å². The number of aliphatic hydroxyl groups excluding tert-OH is 1. The Kier molecular flexibility index (Phi) is 6.00. The fourth-order valence-corrected chi connectivity index (χ4v) is 3.14. The van der Waals surface area contributed by atoms with Crippen molar-refractivity contribution in [3.05, 3.63) is 17.5 Å². The number of carbonyl (C=O) groups is 1. The highest BCUT2D eigenvalue weighted by atomic mass is 16.3. The van der Waals surface area contributed by atoms with E-state index in [0.29, 0.717) is 11.5 Å². The summed E-state index contributed by atoms with van der Waals surface area (Å²) in [7, 11) is 0. The fourth-order valence-electron chi connectivity index (χ4n) is 3.14. The lowest BCUT2D eigenvalue weighted by molar-refractivity contribution is 0.0872. The van der Waals surface area contributed by atoms with Crippen molar-refractivity contribution < 1.29 is 9.90 Å². The molecule has 2 N–H and O–H groups in total. The highest BCUT2D eigenvalue weighted by Crippen LogP contribution is 2.24. The monoisotopic (exact) mass is 307 g/mol. The van der Waals surface area contributed by atoms with Crippen LogP contribution in [-0.4, -0.2) is 33.4 Å². The largest absolute Gasteiger partial charge is 0.396 e. The molecule has 1 aliphatic carbocycles. The number of nitrogens with zero attached hydrogens (tertiary/aromatic N) is 2. The summed E-state index contributed by atoms with van der Waals surface area (Å²) in [6.45, 7) is 7.32. The summed E-state index contributed by atoms with van der Waals surface area (Å²) in [5, 5.41) is 16.9. The molecule has 1 amide bonds. The van der Waals surface area contributed by atoms with Gasteiger partial charge >= 0.3 is 0 Å². The predicted molar refractivity (Wildman–Crippen MR) is 86.7 cm³/mol. The van der Waals surface area contributed by atoms with Gasteiger partial charge in [-0.1, -0.05) is 26.7 Å². The van der Waals surface area contributed by atoms with E-state index < -0.39 is 0 Å². The zero-order valence-corrected chi connectivity index (χ0v) is 14.0. The van der Waals surface area contributed by atoms with Crippen molar-refractivity contribution in [2.24, 2.45) is 11.8 Å². The second kappa shape index (κ2) is 7.77. The van der Waals surface area contributed by atoms with Crippen LogP contribution in [-0.2, 0) is 6.54 Å². The molecule has 1 heterocycles. The molecule has 0 radical (unpaired) electrons. The number of aryl methyl sites for hydroxylation is 1. The zero-order valence-electron chi connectivity index (χ0n) is 14.0. The first-order valence-corrected chi connectivity index (χ1v) is 8.47. The molecule has 5 nitrogen and oxygen atoms in total. The number of hydrogen-bond donors (Lipinski definition) is 2. The van der Waals surface area contributed by atoms with E-state index in [2.05, 4.69) is 24.3 Å². The molecule has 2 unspecified atom stereocenters. The van der Waals surface area contributed by atoms with E-state index in [-0.39, 0.29) is 24.5 Å². The third-order valence-electron chi connectivity index (χ3n) is 4.73. The van der Waals surface area contributed by atoms with Gasteiger partial charge in [0.25, 0.3) is 5.91 Å². The third kappa shape index (κ3) is 4.09. The molecule has 124 valence electrons. The van der Waals surface area contributed by atoms with E-state index in [1.54, 1.807) is 6.20 Å². The van der Waals surface area contributed by atoms with Gasteiger partial charge in [-0.05, 0) is 32.1 Å². The number of carbonyl (C=O) groups excluding carboxylic acids is 1. The first-order valence-electron chi connectivity index (χ1n) is 8.47. The minimum absolute atomic E-state index is 0.0568. The van der Waals surface area contributed by atoms with Gasteiger partial charge in [0.2, 0.25) is 0 Å². The smallest absolute Gasteiger partial charge is 0.254 e. The number of aliphatic hydroxyl groups is 1. The average molecular weight is 307 g/mol. The molecule has 1 aromatic rings. The Morgan fingerprint density at radius 3 is 2.86 bits per heavy atom. The Balaban J connectivity index is 2.00. The molecule has 0 spiro atoms. The van der Waals surface area contributed by atoms with Crippen molar-refractivity contribution in [3.63, 3.8) is 0 Å². The molecule has 0 aliphatic heterocycles. The predicted octanol–water partition coefficient (Wildman–Crippen LogP) is 2.52. The quantitative estimate of drug-likeness (QED) is 0.848. The van der Waals surface area contributed by atoms with Crippen LogP contribution in [0.15, 0.2) is 6.20 Å². The lowest BCUT2D eigenvalue weighted by atomic mass is 9.85. The molecule has 2 atom stereocenters. The summed E-state index contributed by atoms with van der Waals surface area (Å²) in [6, 6.07) is 0.0877. The minimum Gasteiger partial charge on any atom is -0.396 e. The van der Waals surface area contributed by atoms with Crippen molar-refractivity contribution in [3.8, 4) is 0 Å². The molecule has 2 rings (SSSR count). The Hall–Kier alpha value is -1.36. The van der Waals surface area contributed by atoms with Crippen molar-refractivity contribution in [1.82, 2.24) is 15.1 Å². The number of rotatable bonds is 6. The lowest BCUT2D eigenvalue weighted by Gasteiger charge is -2.30. The van der Waals surface area contributed by atoms with Crippen LogP contribution < -0.4 is 5.32 Å². The van der Waals surface area contributed by atoms with E-state index in [1.165, 1.54) is 0 Å². The van der Waals surface area contributed by atoms with E-state index in [1.807, 2.05) is 11.6 Å². The molecular formula is C17H29N3O2. The molecule has 0 saturated heterocycles. The van der Waals surface area contributed by atoms with Crippen molar-refractivity contribution in [2.45, 2.75) is 65.5 Å². The minimum atomic E-state index is -0.0568. The van der Waals surface area contributed by atoms with Crippen molar-refractivity contribution >= 4 is 5.91 Å². The van der Waals surface area contributed by atoms with Crippen molar-refractivity contribution in [2.75, 3.05) is 6.61 Å². The van der Waals surface area contributed by atoms with E-state index in [0.717, 1.165) is 44.3 Å². The molecule has 5 heteroatoms. The molecule has 1 saturated carbocycles. The number of aromatic nitrogens is 2. The Morgan fingerprint density at radius 1 is 1.45 bits per heavy atom. The highest BCUT2D eigenvalue weighted by molar-refractivity contribution is 5.95. The average Bonchev–Trinajstić information content (AvgIpc) is 2.86. The maximum absolute atomic E-state index is 12.5. The summed E-state index contributed by atoms with van der Waals surface area (Å²) >= 11 is 0. The number of nitrogens with one attached hydrogen (secondary N) is 1. The summed E-state index contributed by atoms with van der Waals surface area (Å²) in [4.78, 5) is 12.5. The van der Waals surface area contributed by atoms with Gasteiger partial charge in [-0.15, -0.1) is 0 Å². The standard InChI is InChI=1S/C17H29N3O2/c1-12(2)8-9-20-13(3)15(10-18-20)17(22)19-16-7-5-4-6-14(16)11-21/h10,12,14,16,21H,4-9,11H2,1-3H3,(H,19,22). The highest BCUT2D eigenvalue weighted by Gasteiger charge is 2.27. The SMILES string of the molecule is Cc1c(C(=O)NC2CCCCC2CO)cnn1CCC(C)C. The fraction of sp³-hybridized carbons (Fsp3) is 0.765. The second-order valence-electron chi connectivity index (χ2n) is 6.86. The Labute approximate surface area is 133 Å². The van der Waals surface area contributed by atoms with Crippen LogP contribution in [0.4, 0.5) is 0 Å². The van der Waals surface area contributed by atoms with Crippen LogP contribution in [0.3, 0.4) is 0 Å². The van der Waals surface area contributed by atoms with E-state index >= 15 is 0 Å². The second-order valence-corrected chi connectivity index (χ2v) is 6.86. The van der Waals surface area contributed by atoms with Gasteiger partial charge in [0.1, 0.15) is 0 Å². The molecule has 0 aromatic carbocycles. The maximum atomic E-state index is 12.5. The zero-order chi connectivity index (χ0) is 16.1. The molecule has 22 heavy (non-hydrogen) atoms. The van der Waals surface area contributed by atoms with Crippen molar-refractivity contribution in [1.29, 1.82) is 0 Å². The first kappa shape index (κ1) is 17.0. The van der Waals surface area contributed by atoms with Gasteiger partial charge in [-0.2, -0.15) is 5.10 Å². The molecule has 0 bridgehead atoms. The van der Waals surface area contributed by atoms with Gasteiger partial charge in [0.15, 0.2) is 0 Å². The molecule has 1 aliphatic rings. The summed E-state index contributed by atoms with van der Waals surface area (Å²) < 4.78 is 1.92. The van der Waals surface area contributed by atoms with Gasteiger partial charge < -0.3 is 10.4 Å². The van der Waals surface area contributed by atoms with E-state index in [9.17, 15) is 9.90 Å².